The van der Waals surface area contributed by atoms with Crippen LogP contribution in [0.2, 0.25) is 0 Å². The van der Waals surface area contributed by atoms with Gasteiger partial charge in [-0.1, -0.05) is 60.7 Å². The third-order valence-corrected chi connectivity index (χ3v) is 7.35. The second-order valence-corrected chi connectivity index (χ2v) is 8.92. The van der Waals surface area contributed by atoms with Gasteiger partial charge in [0.15, 0.2) is 5.54 Å². The van der Waals surface area contributed by atoms with Gasteiger partial charge in [-0.25, -0.2) is 4.79 Å². The first-order valence-corrected chi connectivity index (χ1v) is 11.3. The van der Waals surface area contributed by atoms with Crippen LogP contribution in [-0.4, -0.2) is 35.9 Å². The van der Waals surface area contributed by atoms with Crippen LogP contribution in [0.4, 0.5) is 5.69 Å². The lowest BCUT2D eigenvalue weighted by Crippen LogP contribution is -2.64. The highest BCUT2D eigenvalue weighted by Gasteiger charge is 2.73. The third-order valence-electron chi connectivity index (χ3n) is 7.35. The van der Waals surface area contributed by atoms with Crippen LogP contribution < -0.4 is 4.90 Å². The quantitative estimate of drug-likeness (QED) is 0.412. The van der Waals surface area contributed by atoms with E-state index in [1.54, 1.807) is 31.2 Å². The van der Waals surface area contributed by atoms with E-state index in [9.17, 15) is 14.4 Å². The number of allylic oxidation sites excluding steroid dienone is 1. The number of anilines is 1. The molecule has 0 aromatic heterocycles. The molecule has 5 atom stereocenters. The van der Waals surface area contributed by atoms with Crippen LogP contribution in [0.25, 0.3) is 5.76 Å². The Balaban J connectivity index is 1.70. The molecule has 1 amide bonds. The van der Waals surface area contributed by atoms with Crippen LogP contribution in [0.3, 0.4) is 0 Å². The molecular formula is C27H23NO5. The van der Waals surface area contributed by atoms with Gasteiger partial charge in [-0.2, -0.15) is 0 Å². The van der Waals surface area contributed by atoms with E-state index in [2.05, 4.69) is 12.2 Å². The topological polar surface area (TPSA) is 72.9 Å². The minimum Gasteiger partial charge on any atom is -0.488 e. The molecule has 6 rings (SSSR count). The van der Waals surface area contributed by atoms with E-state index >= 15 is 0 Å². The summed E-state index contributed by atoms with van der Waals surface area (Å²) < 4.78 is 12.2. The largest absolute Gasteiger partial charge is 0.488 e. The fourth-order valence-electron chi connectivity index (χ4n) is 6.20. The Kier molecular flexibility index (Phi) is 4.34. The van der Waals surface area contributed by atoms with Crippen LogP contribution >= 0.6 is 0 Å². The molecule has 6 nitrogen and oxygen atoms in total. The van der Waals surface area contributed by atoms with Crippen LogP contribution in [0.5, 0.6) is 0 Å². The van der Waals surface area contributed by atoms with Crippen LogP contribution in [0, 0.1) is 17.8 Å². The molecule has 1 saturated heterocycles. The molecule has 2 fully saturated rings. The van der Waals surface area contributed by atoms with E-state index in [4.69, 9.17) is 9.47 Å². The summed E-state index contributed by atoms with van der Waals surface area (Å²) in [4.78, 5) is 42.7. The van der Waals surface area contributed by atoms with Gasteiger partial charge in [0.05, 0.1) is 12.2 Å². The minimum absolute atomic E-state index is 0.00152. The molecule has 0 unspecified atom stereocenters. The Bertz CT molecular complexity index is 1220. The maximum atomic E-state index is 14.0. The number of esters is 1. The maximum Gasteiger partial charge on any atom is 0.337 e. The van der Waals surface area contributed by atoms with E-state index in [0.29, 0.717) is 17.0 Å². The van der Waals surface area contributed by atoms with E-state index < -0.39 is 29.1 Å². The van der Waals surface area contributed by atoms with Crippen molar-refractivity contribution in [3.8, 4) is 0 Å². The number of para-hydroxylation sites is 1. The lowest BCUT2D eigenvalue weighted by Gasteiger charge is -2.48. The molecule has 33 heavy (non-hydrogen) atoms. The molecule has 2 aliphatic heterocycles. The molecular weight excluding hydrogens is 418 g/mol. The van der Waals surface area contributed by atoms with Crippen LogP contribution in [-0.2, 0) is 23.9 Å². The lowest BCUT2D eigenvalue weighted by atomic mass is 9.67. The number of hydrogen-bond acceptors (Lipinski definition) is 5. The van der Waals surface area contributed by atoms with Crippen molar-refractivity contribution in [2.45, 2.75) is 25.0 Å². The lowest BCUT2D eigenvalue weighted by molar-refractivity contribution is -0.153. The first-order valence-electron chi connectivity index (χ1n) is 11.3. The van der Waals surface area contributed by atoms with Gasteiger partial charge < -0.3 is 9.47 Å². The monoisotopic (exact) mass is 441 g/mol. The number of nitrogens with zero attached hydrogens (tertiary/aromatic N) is 1. The zero-order chi connectivity index (χ0) is 22.7. The van der Waals surface area contributed by atoms with Crippen LogP contribution in [0.1, 0.15) is 18.9 Å². The molecule has 2 aromatic carbocycles. The van der Waals surface area contributed by atoms with Gasteiger partial charge in [-0.15, -0.1) is 0 Å². The Labute approximate surface area is 191 Å². The average molecular weight is 441 g/mol. The molecule has 0 radical (unpaired) electrons. The Morgan fingerprint density at radius 3 is 2.39 bits per heavy atom. The fourth-order valence-corrected chi connectivity index (χ4v) is 6.20. The van der Waals surface area contributed by atoms with Gasteiger partial charge in [0.2, 0.25) is 0 Å². The number of carbonyl (C=O) groups excluding carboxylic acids is 3. The van der Waals surface area contributed by atoms with Gasteiger partial charge in [0.25, 0.3) is 5.78 Å². The number of rotatable bonds is 4. The molecule has 2 bridgehead atoms. The molecule has 2 heterocycles. The van der Waals surface area contributed by atoms with Crippen molar-refractivity contribution >= 4 is 29.1 Å². The molecule has 1 saturated carbocycles. The highest BCUT2D eigenvalue weighted by Crippen LogP contribution is 2.61. The number of benzene rings is 2. The first kappa shape index (κ1) is 20.0. The van der Waals surface area contributed by atoms with Gasteiger partial charge in [-0.05, 0) is 31.4 Å². The van der Waals surface area contributed by atoms with Gasteiger partial charge in [0.1, 0.15) is 11.9 Å². The molecule has 2 aromatic rings. The normalized spacial score (nSPS) is 31.5. The summed E-state index contributed by atoms with van der Waals surface area (Å²) >= 11 is 0. The number of ether oxygens (including phenoxy) is 2. The summed E-state index contributed by atoms with van der Waals surface area (Å²) in [5, 5.41) is 0. The van der Waals surface area contributed by atoms with E-state index in [1.165, 1.54) is 4.90 Å². The molecule has 0 spiro atoms. The molecule has 166 valence electrons. The zero-order valence-corrected chi connectivity index (χ0v) is 18.1. The predicted octanol–water partition coefficient (Wildman–Crippen LogP) is 3.54. The number of hydrogen-bond donors (Lipinski definition) is 0. The van der Waals surface area contributed by atoms with Gasteiger partial charge in [-0.3, -0.25) is 14.5 Å². The zero-order valence-electron chi connectivity index (χ0n) is 18.1. The molecule has 2 aliphatic carbocycles. The maximum absolute atomic E-state index is 14.0. The summed E-state index contributed by atoms with van der Waals surface area (Å²) in [6, 6.07) is 18.2. The van der Waals surface area contributed by atoms with E-state index in [-0.39, 0.29) is 30.1 Å². The number of fused-ring (bicyclic) bond motifs is 7. The Morgan fingerprint density at radius 1 is 1.03 bits per heavy atom. The van der Waals surface area contributed by atoms with Gasteiger partial charge in [0, 0.05) is 23.1 Å². The van der Waals surface area contributed by atoms with Crippen molar-refractivity contribution in [1.82, 2.24) is 0 Å². The van der Waals surface area contributed by atoms with Crippen molar-refractivity contribution in [2.75, 3.05) is 11.5 Å². The molecule has 6 heteroatoms. The van der Waals surface area contributed by atoms with E-state index in [0.717, 1.165) is 6.42 Å². The third kappa shape index (κ3) is 2.52. The predicted molar refractivity (Wildman–Crippen MR) is 121 cm³/mol. The summed E-state index contributed by atoms with van der Waals surface area (Å²) in [6.45, 7) is 1.88. The standard InChI is InChI=1S/C27H23NO5/c1-2-32-26(31)27-20-17-13-14-18(15-17)24(20)33-23(16-9-5-3-6-10-16)21(27)22(29)25(30)28(27)19-11-7-4-8-12-19/h3-14,17-18,20,24H,2,15H2,1H3/t17-,18-,20+,24-,27+/m0/s1. The van der Waals surface area contributed by atoms with Crippen molar-refractivity contribution in [3.05, 3.63) is 84.0 Å². The Hall–Kier alpha value is -3.67. The number of ketones is 1. The number of carbonyl (C=O) groups is 3. The van der Waals surface area contributed by atoms with Crippen LogP contribution in [0.15, 0.2) is 78.4 Å². The smallest absolute Gasteiger partial charge is 0.337 e. The highest BCUT2D eigenvalue weighted by molar-refractivity contribution is 6.54. The summed E-state index contributed by atoms with van der Waals surface area (Å²) in [7, 11) is 0. The second kappa shape index (κ2) is 7.17. The van der Waals surface area contributed by atoms with Crippen molar-refractivity contribution in [1.29, 1.82) is 0 Å². The summed E-state index contributed by atoms with van der Waals surface area (Å²) in [6.07, 6.45) is 4.70. The number of amides is 1. The van der Waals surface area contributed by atoms with Crippen molar-refractivity contribution in [2.24, 2.45) is 17.8 Å². The molecule has 4 aliphatic rings. The SMILES string of the molecule is CCOC(=O)[C@]12C(=C(c3ccccc3)O[C@@H]3[C@H]1[C@H]1C=C[C@H]3C1)C(=O)C(=O)N2c1ccccc1. The highest BCUT2D eigenvalue weighted by atomic mass is 16.5. The number of Topliss-reactive ketones (excluding diaryl/α,β-unsaturated/α-hetero) is 1. The van der Waals surface area contributed by atoms with Crippen molar-refractivity contribution < 1.29 is 23.9 Å². The van der Waals surface area contributed by atoms with Crippen molar-refractivity contribution in [3.63, 3.8) is 0 Å². The Morgan fingerprint density at radius 2 is 1.70 bits per heavy atom. The van der Waals surface area contributed by atoms with Gasteiger partial charge >= 0.3 is 11.9 Å². The average Bonchev–Trinajstić information content (AvgIpc) is 3.52. The first-order chi connectivity index (χ1) is 16.1. The summed E-state index contributed by atoms with van der Waals surface area (Å²) in [5.74, 6) is -2.01. The minimum atomic E-state index is -1.58. The summed E-state index contributed by atoms with van der Waals surface area (Å²) in [5.41, 5.74) is -0.312. The molecule has 0 N–H and O–H groups in total. The second-order valence-electron chi connectivity index (χ2n) is 8.92. The fraction of sp³-hybridized carbons (Fsp3) is 0.296. The van der Waals surface area contributed by atoms with E-state index in [1.807, 2.05) is 36.4 Å².